The van der Waals surface area contributed by atoms with Crippen molar-refractivity contribution < 1.29 is 0 Å². The summed E-state index contributed by atoms with van der Waals surface area (Å²) in [7, 11) is 0. The van der Waals surface area contributed by atoms with Gasteiger partial charge in [-0.15, -0.1) is 16.9 Å². The molecule has 0 bridgehead atoms. The Balaban J connectivity index is 1.60. The van der Waals surface area contributed by atoms with Gasteiger partial charge in [0.1, 0.15) is 0 Å². The molecular weight excluding hydrogens is 266 g/mol. The van der Waals surface area contributed by atoms with E-state index in [0.717, 1.165) is 28.9 Å². The van der Waals surface area contributed by atoms with Crippen LogP contribution in [-0.2, 0) is 0 Å². The number of hydrogen-bond acceptors (Lipinski definition) is 4. The highest BCUT2D eigenvalue weighted by Crippen LogP contribution is 2.20. The van der Waals surface area contributed by atoms with Gasteiger partial charge in [-0.2, -0.15) is 5.10 Å². The van der Waals surface area contributed by atoms with Crippen LogP contribution in [0.1, 0.15) is 0 Å². The number of anilines is 1. The largest absolute Gasteiger partial charge is 0.367 e. The number of nitrogens with one attached hydrogen (secondary N) is 1. The highest BCUT2D eigenvalue weighted by atomic mass is 32.2. The van der Waals surface area contributed by atoms with E-state index in [-0.39, 0.29) is 0 Å². The molecule has 0 aliphatic carbocycles. The second-order valence-electron chi connectivity index (χ2n) is 4.37. The van der Waals surface area contributed by atoms with Crippen LogP contribution in [0.2, 0.25) is 0 Å². The van der Waals surface area contributed by atoms with Crippen molar-refractivity contribution in [3.63, 3.8) is 0 Å². The molecule has 1 N–H and O–H groups in total. The molecule has 0 saturated carbocycles. The normalized spacial score (nSPS) is 10.6. The SMILES string of the molecule is c1ccc(SCCNc2nncc3ccccc23)cc1. The first-order chi connectivity index (χ1) is 9.93. The summed E-state index contributed by atoms with van der Waals surface area (Å²) in [6.07, 6.45) is 1.79. The zero-order valence-electron chi connectivity index (χ0n) is 11.0. The lowest BCUT2D eigenvalue weighted by atomic mass is 10.2. The number of fused-ring (bicyclic) bond motifs is 1. The Hall–Kier alpha value is -2.07. The summed E-state index contributed by atoms with van der Waals surface area (Å²) in [5.74, 6) is 1.85. The van der Waals surface area contributed by atoms with Gasteiger partial charge in [0.25, 0.3) is 0 Å². The van der Waals surface area contributed by atoms with Crippen molar-refractivity contribution in [3.8, 4) is 0 Å². The summed E-state index contributed by atoms with van der Waals surface area (Å²) >= 11 is 1.83. The first-order valence-corrected chi connectivity index (χ1v) is 7.54. The number of hydrogen-bond donors (Lipinski definition) is 1. The monoisotopic (exact) mass is 281 g/mol. The Morgan fingerprint density at radius 2 is 1.75 bits per heavy atom. The molecule has 1 aromatic heterocycles. The summed E-state index contributed by atoms with van der Waals surface area (Å²) in [4.78, 5) is 1.29. The molecule has 0 atom stereocenters. The smallest absolute Gasteiger partial charge is 0.156 e. The Bertz CT molecular complexity index is 680. The molecule has 0 aliphatic heterocycles. The molecule has 2 aromatic carbocycles. The summed E-state index contributed by atoms with van der Waals surface area (Å²) in [6, 6.07) is 18.6. The van der Waals surface area contributed by atoms with Gasteiger partial charge >= 0.3 is 0 Å². The van der Waals surface area contributed by atoms with E-state index in [1.165, 1.54) is 4.90 Å². The molecule has 20 heavy (non-hydrogen) atoms. The molecule has 0 fully saturated rings. The first-order valence-electron chi connectivity index (χ1n) is 6.55. The molecule has 3 aromatic rings. The number of rotatable bonds is 5. The van der Waals surface area contributed by atoms with Gasteiger partial charge in [0.15, 0.2) is 5.82 Å². The second-order valence-corrected chi connectivity index (χ2v) is 5.54. The minimum absolute atomic E-state index is 0.858. The maximum atomic E-state index is 4.18. The van der Waals surface area contributed by atoms with Crippen LogP contribution in [0.4, 0.5) is 5.82 Å². The summed E-state index contributed by atoms with van der Waals surface area (Å²) < 4.78 is 0. The highest BCUT2D eigenvalue weighted by molar-refractivity contribution is 7.99. The van der Waals surface area contributed by atoms with E-state index in [1.54, 1.807) is 6.20 Å². The average Bonchev–Trinajstić information content (AvgIpc) is 2.53. The lowest BCUT2D eigenvalue weighted by Crippen LogP contribution is -2.06. The van der Waals surface area contributed by atoms with E-state index < -0.39 is 0 Å². The van der Waals surface area contributed by atoms with Crippen LogP contribution in [-0.4, -0.2) is 22.5 Å². The minimum Gasteiger partial charge on any atom is -0.367 e. The highest BCUT2D eigenvalue weighted by Gasteiger charge is 2.01. The maximum Gasteiger partial charge on any atom is 0.156 e. The lowest BCUT2D eigenvalue weighted by Gasteiger charge is -2.07. The van der Waals surface area contributed by atoms with Gasteiger partial charge in [0.2, 0.25) is 0 Å². The molecule has 0 radical (unpaired) electrons. The molecule has 3 rings (SSSR count). The van der Waals surface area contributed by atoms with E-state index >= 15 is 0 Å². The van der Waals surface area contributed by atoms with Crippen molar-refractivity contribution in [2.24, 2.45) is 0 Å². The Labute approximate surface area is 122 Å². The average molecular weight is 281 g/mol. The standard InChI is InChI=1S/C16H15N3S/c1-2-7-14(8-3-1)20-11-10-17-16-15-9-5-4-6-13(15)12-18-19-16/h1-9,12H,10-11H2,(H,17,19). The predicted molar refractivity (Wildman–Crippen MR) is 85.2 cm³/mol. The molecular formula is C16H15N3S. The van der Waals surface area contributed by atoms with Crippen molar-refractivity contribution in [1.82, 2.24) is 10.2 Å². The summed E-state index contributed by atoms with van der Waals surface area (Å²) in [5, 5.41) is 13.8. The van der Waals surface area contributed by atoms with Gasteiger partial charge in [-0.3, -0.25) is 0 Å². The molecule has 0 unspecified atom stereocenters. The van der Waals surface area contributed by atoms with E-state index in [0.29, 0.717) is 0 Å². The van der Waals surface area contributed by atoms with Crippen LogP contribution < -0.4 is 5.32 Å². The molecule has 0 aliphatic rings. The fourth-order valence-corrected chi connectivity index (χ4v) is 2.80. The number of thioether (sulfide) groups is 1. The van der Waals surface area contributed by atoms with Crippen LogP contribution >= 0.6 is 11.8 Å². The third-order valence-corrected chi connectivity index (χ3v) is 3.99. The lowest BCUT2D eigenvalue weighted by molar-refractivity contribution is 1.03. The van der Waals surface area contributed by atoms with E-state index in [1.807, 2.05) is 36.0 Å². The molecule has 0 saturated heterocycles. The molecule has 4 heteroatoms. The second kappa shape index (κ2) is 6.39. The minimum atomic E-state index is 0.858. The van der Waals surface area contributed by atoms with E-state index in [4.69, 9.17) is 0 Å². The Kier molecular flexibility index (Phi) is 4.13. The number of benzene rings is 2. The zero-order chi connectivity index (χ0) is 13.6. The summed E-state index contributed by atoms with van der Waals surface area (Å²) in [6.45, 7) is 0.863. The Morgan fingerprint density at radius 3 is 2.65 bits per heavy atom. The Morgan fingerprint density at radius 1 is 0.950 bits per heavy atom. The zero-order valence-corrected chi connectivity index (χ0v) is 11.8. The molecule has 100 valence electrons. The van der Waals surface area contributed by atoms with Crippen molar-refractivity contribution in [2.45, 2.75) is 4.90 Å². The van der Waals surface area contributed by atoms with Gasteiger partial charge in [-0.05, 0) is 12.1 Å². The van der Waals surface area contributed by atoms with Gasteiger partial charge < -0.3 is 5.32 Å². The topological polar surface area (TPSA) is 37.8 Å². The molecule has 0 amide bonds. The van der Waals surface area contributed by atoms with Gasteiger partial charge in [-0.25, -0.2) is 0 Å². The van der Waals surface area contributed by atoms with Crippen molar-refractivity contribution >= 4 is 28.4 Å². The van der Waals surface area contributed by atoms with Crippen LogP contribution in [0.3, 0.4) is 0 Å². The molecule has 0 spiro atoms. The first kappa shape index (κ1) is 12.9. The molecule has 3 nitrogen and oxygen atoms in total. The number of aromatic nitrogens is 2. The van der Waals surface area contributed by atoms with E-state index in [2.05, 4.69) is 45.8 Å². The number of nitrogens with zero attached hydrogens (tertiary/aromatic N) is 2. The molecule has 1 heterocycles. The quantitative estimate of drug-likeness (QED) is 0.569. The fraction of sp³-hybridized carbons (Fsp3) is 0.125. The van der Waals surface area contributed by atoms with Crippen molar-refractivity contribution in [2.75, 3.05) is 17.6 Å². The van der Waals surface area contributed by atoms with Gasteiger partial charge in [0, 0.05) is 28.0 Å². The van der Waals surface area contributed by atoms with Gasteiger partial charge in [0.05, 0.1) is 6.20 Å². The van der Waals surface area contributed by atoms with Crippen molar-refractivity contribution in [1.29, 1.82) is 0 Å². The third-order valence-electron chi connectivity index (χ3n) is 2.98. The van der Waals surface area contributed by atoms with Crippen molar-refractivity contribution in [3.05, 3.63) is 60.8 Å². The maximum absolute atomic E-state index is 4.18. The summed E-state index contributed by atoms with van der Waals surface area (Å²) in [5.41, 5.74) is 0. The van der Waals surface area contributed by atoms with E-state index in [9.17, 15) is 0 Å². The van der Waals surface area contributed by atoms with Crippen LogP contribution in [0.15, 0.2) is 65.7 Å². The third kappa shape index (κ3) is 3.08. The van der Waals surface area contributed by atoms with Gasteiger partial charge in [-0.1, -0.05) is 42.5 Å². The predicted octanol–water partition coefficient (Wildman–Crippen LogP) is 3.83. The van der Waals surface area contributed by atoms with Crippen LogP contribution in [0.5, 0.6) is 0 Å². The van der Waals surface area contributed by atoms with Crippen LogP contribution in [0.25, 0.3) is 10.8 Å². The van der Waals surface area contributed by atoms with Crippen LogP contribution in [0, 0.1) is 0 Å². The fourth-order valence-electron chi connectivity index (χ4n) is 2.01.